The van der Waals surface area contributed by atoms with Gasteiger partial charge in [0.05, 0.1) is 15.7 Å². The molecule has 0 fully saturated rings. The number of anilines is 1. The van der Waals surface area contributed by atoms with Crippen molar-refractivity contribution in [3.63, 3.8) is 0 Å². The summed E-state index contributed by atoms with van der Waals surface area (Å²) in [4.78, 5) is 13.4. The highest BCUT2D eigenvalue weighted by Crippen LogP contribution is 2.34. The highest BCUT2D eigenvalue weighted by atomic mass is 35.5. The zero-order valence-corrected chi connectivity index (χ0v) is 18.9. The van der Waals surface area contributed by atoms with Gasteiger partial charge in [0, 0.05) is 24.6 Å². The number of hydrogen-bond acceptors (Lipinski definition) is 2. The van der Waals surface area contributed by atoms with Crippen LogP contribution in [0.5, 0.6) is 0 Å². The Morgan fingerprint density at radius 1 is 1.00 bits per heavy atom. The SMILES string of the molecule is CN1c2ccc(C#CCc3ccccc3)cc2C(=O)/C(=C\c2ccc(Cl)c(Cl)c2)S1=O. The van der Waals surface area contributed by atoms with Crippen LogP contribution in [0.15, 0.2) is 71.6 Å². The van der Waals surface area contributed by atoms with Crippen LogP contribution in [0.1, 0.15) is 27.0 Å². The summed E-state index contributed by atoms with van der Waals surface area (Å²) in [5, 5.41) is 0.788. The molecule has 0 spiro atoms. The minimum absolute atomic E-state index is 0.183. The number of rotatable bonds is 2. The van der Waals surface area contributed by atoms with E-state index in [1.54, 1.807) is 47.8 Å². The number of ketones is 1. The minimum atomic E-state index is -1.63. The summed E-state index contributed by atoms with van der Waals surface area (Å²) in [5.74, 6) is 5.98. The zero-order valence-electron chi connectivity index (χ0n) is 16.6. The van der Waals surface area contributed by atoms with Gasteiger partial charge in [-0.1, -0.05) is 71.4 Å². The van der Waals surface area contributed by atoms with Gasteiger partial charge in [-0.2, -0.15) is 0 Å². The first-order chi connectivity index (χ1) is 14.9. The number of carbonyl (C=O) groups is 1. The van der Waals surface area contributed by atoms with Crippen LogP contribution in [-0.2, 0) is 17.4 Å². The number of nitrogens with zero attached hydrogens (tertiary/aromatic N) is 1. The topological polar surface area (TPSA) is 37.4 Å². The molecule has 3 nitrogen and oxygen atoms in total. The Hall–Kier alpha value is -2.84. The lowest BCUT2D eigenvalue weighted by atomic mass is 10.0. The number of allylic oxidation sites excluding steroid dienone is 1. The van der Waals surface area contributed by atoms with Gasteiger partial charge in [-0.25, -0.2) is 4.21 Å². The average Bonchev–Trinajstić information content (AvgIpc) is 2.78. The molecule has 0 aliphatic carbocycles. The molecule has 0 radical (unpaired) electrons. The van der Waals surface area contributed by atoms with Crippen molar-refractivity contribution in [3.8, 4) is 11.8 Å². The third-order valence-corrected chi connectivity index (χ3v) is 6.96. The smallest absolute Gasteiger partial charge is 0.205 e. The van der Waals surface area contributed by atoms with E-state index in [1.165, 1.54) is 0 Å². The van der Waals surface area contributed by atoms with E-state index in [0.717, 1.165) is 11.1 Å². The molecular formula is C25H17Cl2NO2S. The van der Waals surface area contributed by atoms with E-state index >= 15 is 0 Å². The molecular weight excluding hydrogens is 449 g/mol. The molecule has 0 N–H and O–H groups in total. The average molecular weight is 466 g/mol. The molecule has 1 aliphatic rings. The fourth-order valence-corrected chi connectivity index (χ4v) is 4.68. The van der Waals surface area contributed by atoms with Gasteiger partial charge < -0.3 is 0 Å². The second kappa shape index (κ2) is 9.11. The fourth-order valence-electron chi connectivity index (χ4n) is 3.23. The number of hydrogen-bond donors (Lipinski definition) is 0. The quantitative estimate of drug-likeness (QED) is 0.347. The molecule has 4 rings (SSSR count). The van der Waals surface area contributed by atoms with Gasteiger partial charge in [-0.15, -0.1) is 0 Å². The van der Waals surface area contributed by atoms with Gasteiger partial charge in [0.2, 0.25) is 5.78 Å². The second-order valence-electron chi connectivity index (χ2n) is 6.95. The lowest BCUT2D eigenvalue weighted by Gasteiger charge is -2.27. The molecule has 0 aromatic heterocycles. The molecule has 0 amide bonds. The van der Waals surface area contributed by atoms with Gasteiger partial charge >= 0.3 is 0 Å². The lowest BCUT2D eigenvalue weighted by molar-refractivity contribution is 0.104. The van der Waals surface area contributed by atoms with Crippen molar-refractivity contribution in [3.05, 3.63) is 104 Å². The predicted molar refractivity (Wildman–Crippen MR) is 129 cm³/mol. The third-order valence-electron chi connectivity index (χ3n) is 4.85. The largest absolute Gasteiger partial charge is 0.290 e. The van der Waals surface area contributed by atoms with E-state index in [9.17, 15) is 9.00 Å². The Balaban J connectivity index is 1.67. The van der Waals surface area contributed by atoms with Gasteiger partial charge in [0.25, 0.3) is 0 Å². The van der Waals surface area contributed by atoms with E-state index in [-0.39, 0.29) is 10.7 Å². The monoisotopic (exact) mass is 465 g/mol. The van der Waals surface area contributed by atoms with Crippen molar-refractivity contribution in [1.82, 2.24) is 0 Å². The van der Waals surface area contributed by atoms with Crippen LogP contribution in [0.3, 0.4) is 0 Å². The fraction of sp³-hybridized carbons (Fsp3) is 0.0800. The van der Waals surface area contributed by atoms with Crippen molar-refractivity contribution in [2.24, 2.45) is 0 Å². The molecule has 3 aromatic carbocycles. The molecule has 0 bridgehead atoms. The molecule has 3 aromatic rings. The molecule has 1 atom stereocenters. The Morgan fingerprint density at radius 2 is 1.77 bits per heavy atom. The van der Waals surface area contributed by atoms with E-state index in [4.69, 9.17) is 23.2 Å². The van der Waals surface area contributed by atoms with Crippen LogP contribution in [0.4, 0.5) is 5.69 Å². The summed E-state index contributed by atoms with van der Waals surface area (Å²) in [6.45, 7) is 0. The van der Waals surface area contributed by atoms with E-state index in [0.29, 0.717) is 33.3 Å². The van der Waals surface area contributed by atoms with E-state index < -0.39 is 11.0 Å². The summed E-state index contributed by atoms with van der Waals surface area (Å²) in [6.07, 6.45) is 2.21. The summed E-state index contributed by atoms with van der Waals surface area (Å²) in [7, 11) is 0.0685. The number of carbonyl (C=O) groups excluding carboxylic acids is 1. The van der Waals surface area contributed by atoms with Crippen LogP contribution in [0.2, 0.25) is 10.0 Å². The first kappa shape index (κ1) is 21.4. The van der Waals surface area contributed by atoms with Crippen LogP contribution in [-0.4, -0.2) is 17.0 Å². The minimum Gasteiger partial charge on any atom is -0.290 e. The van der Waals surface area contributed by atoms with Gasteiger partial charge in [0.15, 0.2) is 11.0 Å². The van der Waals surface area contributed by atoms with Crippen LogP contribution < -0.4 is 4.31 Å². The number of benzene rings is 3. The number of halogens is 2. The number of fused-ring (bicyclic) bond motifs is 1. The first-order valence-corrected chi connectivity index (χ1v) is 11.3. The summed E-state index contributed by atoms with van der Waals surface area (Å²) >= 11 is 12.0. The van der Waals surface area contributed by atoms with E-state index in [2.05, 4.69) is 11.8 Å². The summed E-state index contributed by atoms with van der Waals surface area (Å²) in [6, 6.07) is 20.4. The lowest BCUT2D eigenvalue weighted by Crippen LogP contribution is -2.31. The van der Waals surface area contributed by atoms with E-state index in [1.807, 2.05) is 36.4 Å². The van der Waals surface area contributed by atoms with Crippen LogP contribution in [0, 0.1) is 11.8 Å². The zero-order chi connectivity index (χ0) is 22.0. The Bertz CT molecular complexity index is 1290. The molecule has 1 aliphatic heterocycles. The molecule has 154 valence electrons. The Morgan fingerprint density at radius 3 is 2.52 bits per heavy atom. The normalized spacial score (nSPS) is 16.6. The second-order valence-corrected chi connectivity index (χ2v) is 9.25. The summed E-state index contributed by atoms with van der Waals surface area (Å²) < 4.78 is 14.5. The van der Waals surface area contributed by atoms with Crippen molar-refractivity contribution in [2.45, 2.75) is 6.42 Å². The van der Waals surface area contributed by atoms with Gasteiger partial charge in [-0.05, 0) is 47.5 Å². The van der Waals surface area contributed by atoms with Gasteiger partial charge in [0.1, 0.15) is 4.91 Å². The predicted octanol–water partition coefficient (Wildman–Crippen LogP) is 5.92. The third kappa shape index (κ3) is 4.60. The maximum Gasteiger partial charge on any atom is 0.205 e. The Labute approximate surface area is 193 Å². The maximum absolute atomic E-state index is 13.2. The van der Waals surface area contributed by atoms with Crippen molar-refractivity contribution in [1.29, 1.82) is 0 Å². The molecule has 1 heterocycles. The van der Waals surface area contributed by atoms with Crippen LogP contribution >= 0.6 is 23.2 Å². The molecule has 6 heteroatoms. The maximum atomic E-state index is 13.2. The molecule has 31 heavy (non-hydrogen) atoms. The Kier molecular flexibility index (Phi) is 6.29. The highest BCUT2D eigenvalue weighted by Gasteiger charge is 2.32. The molecule has 0 saturated heterocycles. The standard InChI is InChI=1S/C25H17Cl2NO2S/c1-28-23-13-11-18(9-5-8-17-6-3-2-4-7-17)14-20(23)25(29)24(31(28)30)16-19-10-12-21(26)22(27)15-19/h2-4,6-7,10-16H,8H2,1H3/b24-16+. The highest BCUT2D eigenvalue weighted by molar-refractivity contribution is 7.91. The van der Waals surface area contributed by atoms with Crippen LogP contribution in [0.25, 0.3) is 6.08 Å². The first-order valence-electron chi connectivity index (χ1n) is 9.48. The van der Waals surface area contributed by atoms with Crippen molar-refractivity contribution < 1.29 is 9.00 Å². The van der Waals surface area contributed by atoms with Crippen molar-refractivity contribution in [2.75, 3.05) is 11.4 Å². The summed E-state index contributed by atoms with van der Waals surface area (Å²) in [5.41, 5.74) is 3.61. The number of Topliss-reactive ketones (excluding diaryl/α,β-unsaturated/α-hetero) is 1. The molecule has 1 unspecified atom stereocenters. The van der Waals surface area contributed by atoms with Crippen molar-refractivity contribution >= 4 is 51.7 Å². The molecule has 0 saturated carbocycles. The van der Waals surface area contributed by atoms with Gasteiger partial charge in [-0.3, -0.25) is 9.10 Å².